The van der Waals surface area contributed by atoms with Crippen molar-refractivity contribution in [2.75, 3.05) is 5.75 Å². The largest absolute Gasteiger partial charge is 0.480 e. The van der Waals surface area contributed by atoms with Crippen LogP contribution in [0.25, 0.3) is 0 Å². The van der Waals surface area contributed by atoms with E-state index in [1.807, 2.05) is 12.1 Å². The lowest BCUT2D eigenvalue weighted by Gasteiger charge is -2.19. The number of rotatable bonds is 4. The van der Waals surface area contributed by atoms with E-state index in [0.29, 0.717) is 4.90 Å². The molecule has 4 nitrogen and oxygen atoms in total. The Labute approximate surface area is 110 Å². The zero-order valence-corrected chi connectivity index (χ0v) is 11.7. The molecule has 0 radical (unpaired) electrons. The molecule has 0 aliphatic heterocycles. The normalized spacial score (nSPS) is 15.1. The van der Waals surface area contributed by atoms with Gasteiger partial charge in [0.15, 0.2) is 0 Å². The lowest BCUT2D eigenvalue weighted by Crippen LogP contribution is -2.35. The molecule has 0 bridgehead atoms. The molecule has 1 rings (SSSR count). The van der Waals surface area contributed by atoms with Crippen LogP contribution in [0.2, 0.25) is 0 Å². The van der Waals surface area contributed by atoms with Gasteiger partial charge in [-0.1, -0.05) is 32.9 Å². The quantitative estimate of drug-likeness (QED) is 0.868. The Balaban J connectivity index is 2.80. The molecule has 0 amide bonds. The molecule has 0 heterocycles. The minimum absolute atomic E-state index is 0.0392. The van der Waals surface area contributed by atoms with E-state index in [0.717, 1.165) is 5.56 Å². The summed E-state index contributed by atoms with van der Waals surface area (Å²) in [6.45, 7) is 6.29. The lowest BCUT2D eigenvalue weighted by molar-refractivity contribution is -0.137. The summed E-state index contributed by atoms with van der Waals surface area (Å²) in [5, 5.41) is 8.67. The Bertz CT molecular complexity index is 448. The van der Waals surface area contributed by atoms with Gasteiger partial charge in [0.05, 0.1) is 16.6 Å². The van der Waals surface area contributed by atoms with Gasteiger partial charge in [-0.15, -0.1) is 0 Å². The van der Waals surface area contributed by atoms with Crippen LogP contribution >= 0.6 is 0 Å². The summed E-state index contributed by atoms with van der Waals surface area (Å²) in [7, 11) is -1.37. The molecule has 18 heavy (non-hydrogen) atoms. The highest BCUT2D eigenvalue weighted by molar-refractivity contribution is 7.85. The van der Waals surface area contributed by atoms with E-state index in [-0.39, 0.29) is 11.2 Å². The number of carbonyl (C=O) groups is 1. The van der Waals surface area contributed by atoms with Crippen molar-refractivity contribution in [1.29, 1.82) is 0 Å². The first-order valence-electron chi connectivity index (χ1n) is 5.69. The Morgan fingerprint density at radius 2 is 1.83 bits per heavy atom. The fourth-order valence-electron chi connectivity index (χ4n) is 1.44. The zero-order valence-electron chi connectivity index (χ0n) is 10.8. The third-order valence-corrected chi connectivity index (χ3v) is 4.09. The predicted molar refractivity (Wildman–Crippen MR) is 72.0 cm³/mol. The number of hydrogen-bond acceptors (Lipinski definition) is 3. The molecule has 2 unspecified atom stereocenters. The molecule has 1 aromatic rings. The monoisotopic (exact) mass is 269 g/mol. The van der Waals surface area contributed by atoms with Crippen molar-refractivity contribution in [3.8, 4) is 0 Å². The predicted octanol–water partition coefficient (Wildman–Crippen LogP) is 1.50. The van der Waals surface area contributed by atoms with Gasteiger partial charge in [0.1, 0.15) is 6.04 Å². The number of aliphatic carboxylic acids is 1. The molecule has 1 aromatic carbocycles. The SMILES string of the molecule is CC(C)(C)c1ccc(S(=O)CC(N)C(=O)O)cc1. The summed E-state index contributed by atoms with van der Waals surface area (Å²) in [6.07, 6.45) is 0. The molecule has 3 N–H and O–H groups in total. The van der Waals surface area contributed by atoms with Crippen molar-refractivity contribution >= 4 is 16.8 Å². The Hall–Kier alpha value is -1.20. The number of benzene rings is 1. The molecular formula is C13H19NO3S. The molecule has 0 fully saturated rings. The summed E-state index contributed by atoms with van der Waals surface area (Å²) < 4.78 is 11.9. The highest BCUT2D eigenvalue weighted by Gasteiger charge is 2.17. The fraction of sp³-hybridized carbons (Fsp3) is 0.462. The topological polar surface area (TPSA) is 80.4 Å². The maximum Gasteiger partial charge on any atom is 0.321 e. The van der Waals surface area contributed by atoms with Gasteiger partial charge in [0, 0.05) is 4.90 Å². The molecule has 2 atom stereocenters. The molecule has 100 valence electrons. The van der Waals surface area contributed by atoms with Gasteiger partial charge in [-0.3, -0.25) is 9.00 Å². The summed E-state index contributed by atoms with van der Waals surface area (Å²) in [4.78, 5) is 11.2. The Morgan fingerprint density at radius 3 is 2.22 bits per heavy atom. The summed E-state index contributed by atoms with van der Waals surface area (Å²) in [5.74, 6) is -1.20. The van der Waals surface area contributed by atoms with Crippen LogP contribution in [0, 0.1) is 0 Å². The van der Waals surface area contributed by atoms with Crippen molar-refractivity contribution in [3.05, 3.63) is 29.8 Å². The van der Waals surface area contributed by atoms with Crippen molar-refractivity contribution in [3.63, 3.8) is 0 Å². The third-order valence-electron chi connectivity index (χ3n) is 2.63. The van der Waals surface area contributed by atoms with Crippen LogP contribution in [0.1, 0.15) is 26.3 Å². The zero-order chi connectivity index (χ0) is 13.9. The van der Waals surface area contributed by atoms with Gasteiger partial charge in [-0.25, -0.2) is 0 Å². The average Bonchev–Trinajstić information content (AvgIpc) is 2.27. The highest BCUT2D eigenvalue weighted by Crippen LogP contribution is 2.23. The van der Waals surface area contributed by atoms with Crippen LogP contribution < -0.4 is 5.73 Å². The van der Waals surface area contributed by atoms with Gasteiger partial charge in [0.25, 0.3) is 0 Å². The molecule has 0 aliphatic carbocycles. The Morgan fingerprint density at radius 1 is 1.33 bits per heavy atom. The number of hydrogen-bond donors (Lipinski definition) is 2. The molecule has 0 saturated carbocycles. The van der Waals surface area contributed by atoms with Crippen molar-refractivity contribution in [2.24, 2.45) is 5.73 Å². The maximum absolute atomic E-state index is 11.9. The van der Waals surface area contributed by atoms with Crippen LogP contribution in [0.3, 0.4) is 0 Å². The van der Waals surface area contributed by atoms with Crippen molar-refractivity contribution in [1.82, 2.24) is 0 Å². The second kappa shape index (κ2) is 5.63. The molecule has 0 saturated heterocycles. The van der Waals surface area contributed by atoms with E-state index < -0.39 is 22.8 Å². The van der Waals surface area contributed by atoms with Gasteiger partial charge in [-0.2, -0.15) is 0 Å². The molecular weight excluding hydrogens is 250 g/mol. The van der Waals surface area contributed by atoms with Crippen LogP contribution in [0.15, 0.2) is 29.2 Å². The lowest BCUT2D eigenvalue weighted by atomic mass is 9.87. The van der Waals surface area contributed by atoms with Crippen LogP contribution in [-0.4, -0.2) is 27.1 Å². The van der Waals surface area contributed by atoms with Gasteiger partial charge >= 0.3 is 5.97 Å². The van der Waals surface area contributed by atoms with Crippen LogP contribution in [-0.2, 0) is 21.0 Å². The van der Waals surface area contributed by atoms with Crippen molar-refractivity contribution < 1.29 is 14.1 Å². The third kappa shape index (κ3) is 3.92. The first kappa shape index (κ1) is 14.9. The van der Waals surface area contributed by atoms with E-state index in [4.69, 9.17) is 10.8 Å². The van der Waals surface area contributed by atoms with Gasteiger partial charge in [0.2, 0.25) is 0 Å². The second-order valence-corrected chi connectivity index (χ2v) is 6.73. The summed E-state index contributed by atoms with van der Waals surface area (Å²) in [5.41, 5.74) is 6.54. The molecule has 0 aromatic heterocycles. The Kier molecular flexibility index (Phi) is 4.65. The first-order chi connectivity index (χ1) is 8.21. The smallest absolute Gasteiger partial charge is 0.321 e. The number of carboxylic acids is 1. The van der Waals surface area contributed by atoms with Crippen LogP contribution in [0.5, 0.6) is 0 Å². The minimum atomic E-state index is -1.37. The van der Waals surface area contributed by atoms with E-state index in [9.17, 15) is 9.00 Å². The second-order valence-electron chi connectivity index (χ2n) is 5.23. The van der Waals surface area contributed by atoms with E-state index in [2.05, 4.69) is 20.8 Å². The molecule has 0 aliphatic rings. The highest BCUT2D eigenvalue weighted by atomic mass is 32.2. The molecule has 5 heteroatoms. The van der Waals surface area contributed by atoms with Gasteiger partial charge < -0.3 is 10.8 Å². The fourth-order valence-corrected chi connectivity index (χ4v) is 2.54. The van der Waals surface area contributed by atoms with Crippen molar-refractivity contribution in [2.45, 2.75) is 37.1 Å². The van der Waals surface area contributed by atoms with Gasteiger partial charge in [-0.05, 0) is 23.1 Å². The van der Waals surface area contributed by atoms with E-state index >= 15 is 0 Å². The number of nitrogens with two attached hydrogens (primary N) is 1. The average molecular weight is 269 g/mol. The maximum atomic E-state index is 11.9. The standard InChI is InChI=1S/C13H19NO3S/c1-13(2,3)9-4-6-10(7-5-9)18(17)8-11(14)12(15)16/h4-7,11H,8,14H2,1-3H3,(H,15,16). The molecule has 0 spiro atoms. The number of carboxylic acid groups (broad SMARTS) is 1. The first-order valence-corrected chi connectivity index (χ1v) is 7.01. The van der Waals surface area contributed by atoms with E-state index in [1.54, 1.807) is 12.1 Å². The summed E-state index contributed by atoms with van der Waals surface area (Å²) in [6, 6.07) is 6.28. The van der Waals surface area contributed by atoms with Crippen LogP contribution in [0.4, 0.5) is 0 Å². The minimum Gasteiger partial charge on any atom is -0.480 e. The summed E-state index contributed by atoms with van der Waals surface area (Å²) >= 11 is 0. The van der Waals surface area contributed by atoms with E-state index in [1.165, 1.54) is 0 Å².